The molecule has 5 heteroatoms. The van der Waals surface area contributed by atoms with Gasteiger partial charge in [-0.1, -0.05) is 23.8 Å². The van der Waals surface area contributed by atoms with Crippen molar-refractivity contribution in [1.29, 1.82) is 0 Å². The van der Waals surface area contributed by atoms with Crippen LogP contribution in [0.5, 0.6) is 11.5 Å². The molecule has 0 radical (unpaired) electrons. The number of phenols is 1. The Morgan fingerprint density at radius 1 is 1.10 bits per heavy atom. The number of methoxy groups -OCH3 is 1. The molecule has 0 saturated carbocycles. The molecule has 108 valence electrons. The van der Waals surface area contributed by atoms with Crippen molar-refractivity contribution in [2.24, 2.45) is 0 Å². The van der Waals surface area contributed by atoms with E-state index < -0.39 is 11.7 Å². The number of carboxylic acid groups (broad SMARTS) is 1. The van der Waals surface area contributed by atoms with Gasteiger partial charge in [0.1, 0.15) is 17.1 Å². The molecule has 0 aliphatic rings. The predicted octanol–water partition coefficient (Wildman–Crippen LogP) is 2.64. The van der Waals surface area contributed by atoms with Crippen molar-refractivity contribution in [2.45, 2.75) is 6.92 Å². The van der Waals surface area contributed by atoms with Gasteiger partial charge >= 0.3 is 5.97 Å². The highest BCUT2D eigenvalue weighted by Gasteiger charge is 2.20. The van der Waals surface area contributed by atoms with Crippen LogP contribution in [0, 0.1) is 6.92 Å². The van der Waals surface area contributed by atoms with Gasteiger partial charge in [0.15, 0.2) is 5.78 Å². The van der Waals surface area contributed by atoms with Crippen molar-refractivity contribution in [3.63, 3.8) is 0 Å². The Labute approximate surface area is 121 Å². The number of rotatable bonds is 4. The Morgan fingerprint density at radius 2 is 1.81 bits per heavy atom. The van der Waals surface area contributed by atoms with Gasteiger partial charge in [-0.25, -0.2) is 4.79 Å². The summed E-state index contributed by atoms with van der Waals surface area (Å²) in [6, 6.07) is 9.44. The molecule has 2 rings (SSSR count). The second-order valence-corrected chi connectivity index (χ2v) is 4.58. The maximum Gasteiger partial charge on any atom is 0.343 e. The van der Waals surface area contributed by atoms with Crippen molar-refractivity contribution in [2.75, 3.05) is 7.11 Å². The van der Waals surface area contributed by atoms with E-state index in [4.69, 9.17) is 9.84 Å². The third kappa shape index (κ3) is 2.86. The predicted molar refractivity (Wildman–Crippen MR) is 76.2 cm³/mol. The summed E-state index contributed by atoms with van der Waals surface area (Å²) in [6.07, 6.45) is 0. The fourth-order valence-corrected chi connectivity index (χ4v) is 2.06. The van der Waals surface area contributed by atoms with E-state index >= 15 is 0 Å². The molecular formula is C16H14O5. The smallest absolute Gasteiger partial charge is 0.343 e. The molecule has 0 bridgehead atoms. The van der Waals surface area contributed by atoms with Crippen LogP contribution in [0.25, 0.3) is 0 Å². The van der Waals surface area contributed by atoms with Crippen molar-refractivity contribution < 1.29 is 24.5 Å². The number of aromatic hydroxyl groups is 1. The van der Waals surface area contributed by atoms with Gasteiger partial charge < -0.3 is 14.9 Å². The number of hydrogen-bond donors (Lipinski definition) is 2. The summed E-state index contributed by atoms with van der Waals surface area (Å²) in [5.41, 5.74) is 1.19. The summed E-state index contributed by atoms with van der Waals surface area (Å²) >= 11 is 0. The number of benzene rings is 2. The molecule has 0 spiro atoms. The lowest BCUT2D eigenvalue weighted by molar-refractivity contribution is 0.0689. The van der Waals surface area contributed by atoms with Gasteiger partial charge in [-0.3, -0.25) is 4.79 Å². The normalized spacial score (nSPS) is 10.2. The zero-order chi connectivity index (χ0) is 15.6. The molecule has 0 amide bonds. The Balaban J connectivity index is 2.53. The number of ether oxygens (including phenoxy) is 1. The van der Waals surface area contributed by atoms with E-state index in [1.165, 1.54) is 13.2 Å². The van der Waals surface area contributed by atoms with E-state index in [-0.39, 0.29) is 22.7 Å². The molecule has 0 atom stereocenters. The Morgan fingerprint density at radius 3 is 2.38 bits per heavy atom. The highest BCUT2D eigenvalue weighted by Crippen LogP contribution is 2.30. The monoisotopic (exact) mass is 286 g/mol. The van der Waals surface area contributed by atoms with E-state index in [1.807, 2.05) is 13.0 Å². The summed E-state index contributed by atoms with van der Waals surface area (Å²) in [5, 5.41) is 18.8. The molecule has 0 aliphatic heterocycles. The quantitative estimate of drug-likeness (QED) is 0.844. The Hall–Kier alpha value is -2.82. The van der Waals surface area contributed by atoms with Crippen LogP contribution in [-0.4, -0.2) is 29.1 Å². The first-order valence-electron chi connectivity index (χ1n) is 6.19. The second kappa shape index (κ2) is 5.66. The maximum absolute atomic E-state index is 12.4. The van der Waals surface area contributed by atoms with E-state index in [0.29, 0.717) is 5.56 Å². The van der Waals surface area contributed by atoms with Gasteiger partial charge in [0.05, 0.1) is 7.11 Å². The molecule has 0 heterocycles. The van der Waals surface area contributed by atoms with Gasteiger partial charge in [-0.2, -0.15) is 0 Å². The van der Waals surface area contributed by atoms with E-state index in [9.17, 15) is 14.7 Å². The largest absolute Gasteiger partial charge is 0.507 e. The number of hydrogen-bond acceptors (Lipinski definition) is 4. The molecule has 2 N–H and O–H groups in total. The number of carboxylic acids is 1. The first kappa shape index (κ1) is 14.6. The number of carbonyl (C=O) groups excluding carboxylic acids is 1. The Bertz CT molecular complexity index is 719. The number of aromatic carboxylic acids is 1. The van der Waals surface area contributed by atoms with Gasteiger partial charge in [0.2, 0.25) is 0 Å². The van der Waals surface area contributed by atoms with Crippen molar-refractivity contribution in [3.8, 4) is 11.5 Å². The molecule has 0 aliphatic carbocycles. The summed E-state index contributed by atoms with van der Waals surface area (Å²) in [5.74, 6) is -2.19. The Kier molecular flexibility index (Phi) is 3.93. The SMILES string of the molecule is COc1cc(C(=O)c2cccc(C)c2)cc(O)c1C(=O)O. The summed E-state index contributed by atoms with van der Waals surface area (Å²) in [4.78, 5) is 23.5. The lowest BCUT2D eigenvalue weighted by Crippen LogP contribution is -2.06. The first-order chi connectivity index (χ1) is 9.93. The van der Waals surface area contributed by atoms with Crippen molar-refractivity contribution >= 4 is 11.8 Å². The van der Waals surface area contributed by atoms with Crippen LogP contribution in [0.15, 0.2) is 36.4 Å². The highest BCUT2D eigenvalue weighted by molar-refractivity contribution is 6.10. The second-order valence-electron chi connectivity index (χ2n) is 4.58. The molecular weight excluding hydrogens is 272 g/mol. The van der Waals surface area contributed by atoms with Crippen LogP contribution in [0.3, 0.4) is 0 Å². The maximum atomic E-state index is 12.4. The van der Waals surface area contributed by atoms with E-state index in [2.05, 4.69) is 0 Å². The molecule has 0 unspecified atom stereocenters. The van der Waals surface area contributed by atoms with Gasteiger partial charge in [-0.05, 0) is 25.1 Å². The zero-order valence-corrected chi connectivity index (χ0v) is 11.6. The van der Waals surface area contributed by atoms with Crippen LogP contribution in [-0.2, 0) is 0 Å². The lowest BCUT2D eigenvalue weighted by atomic mass is 9.99. The first-order valence-corrected chi connectivity index (χ1v) is 6.19. The van der Waals surface area contributed by atoms with Crippen LogP contribution < -0.4 is 4.74 Å². The molecule has 0 aromatic heterocycles. The number of carbonyl (C=O) groups is 2. The van der Waals surface area contributed by atoms with Gasteiger partial charge in [0, 0.05) is 11.1 Å². The fraction of sp³-hybridized carbons (Fsp3) is 0.125. The third-order valence-corrected chi connectivity index (χ3v) is 3.06. The van der Waals surface area contributed by atoms with Crippen molar-refractivity contribution in [1.82, 2.24) is 0 Å². The minimum atomic E-state index is -1.32. The fourth-order valence-electron chi connectivity index (χ4n) is 2.06. The van der Waals surface area contributed by atoms with Crippen LogP contribution in [0.1, 0.15) is 31.8 Å². The molecule has 21 heavy (non-hydrogen) atoms. The van der Waals surface area contributed by atoms with Crippen LogP contribution in [0.2, 0.25) is 0 Å². The van der Waals surface area contributed by atoms with Gasteiger partial charge in [-0.15, -0.1) is 0 Å². The number of aryl methyl sites for hydroxylation is 1. The third-order valence-electron chi connectivity index (χ3n) is 3.06. The summed E-state index contributed by atoms with van der Waals surface area (Å²) in [6.45, 7) is 1.86. The van der Waals surface area contributed by atoms with Crippen LogP contribution >= 0.6 is 0 Å². The minimum absolute atomic E-state index is 0.0569. The molecule has 0 saturated heterocycles. The number of ketones is 1. The topological polar surface area (TPSA) is 83.8 Å². The summed E-state index contributed by atoms with van der Waals surface area (Å²) < 4.78 is 4.94. The standard InChI is InChI=1S/C16H14O5/c1-9-4-3-5-10(6-9)15(18)11-7-12(17)14(16(19)20)13(8-11)21-2/h3-8,17H,1-2H3,(H,19,20). The molecule has 2 aromatic rings. The zero-order valence-electron chi connectivity index (χ0n) is 11.6. The molecule has 2 aromatic carbocycles. The van der Waals surface area contributed by atoms with E-state index in [0.717, 1.165) is 11.6 Å². The summed E-state index contributed by atoms with van der Waals surface area (Å²) in [7, 11) is 1.28. The minimum Gasteiger partial charge on any atom is -0.507 e. The van der Waals surface area contributed by atoms with Gasteiger partial charge in [0.25, 0.3) is 0 Å². The lowest BCUT2D eigenvalue weighted by Gasteiger charge is -2.10. The van der Waals surface area contributed by atoms with E-state index in [1.54, 1.807) is 18.2 Å². The average Bonchev–Trinajstić information content (AvgIpc) is 2.45. The molecule has 0 fully saturated rings. The highest BCUT2D eigenvalue weighted by atomic mass is 16.5. The van der Waals surface area contributed by atoms with Crippen LogP contribution in [0.4, 0.5) is 0 Å². The molecule has 5 nitrogen and oxygen atoms in total. The van der Waals surface area contributed by atoms with Crippen molar-refractivity contribution in [3.05, 3.63) is 58.7 Å². The average molecular weight is 286 g/mol.